The largest absolute Gasteiger partial charge is 0.481 e. The summed E-state index contributed by atoms with van der Waals surface area (Å²) in [7, 11) is 0. The first-order chi connectivity index (χ1) is 38.5. The second-order valence-electron chi connectivity index (χ2n) is 19.4. The van der Waals surface area contributed by atoms with Gasteiger partial charge in [-0.2, -0.15) is 11.8 Å². The quantitative estimate of drug-likeness (QED) is 0.0275. The number of thioether (sulfide) groups is 1. The maximum Gasteiger partial charge on any atom is 0.326 e. The predicted molar refractivity (Wildman–Crippen MR) is 297 cm³/mol. The Morgan fingerprint density at radius 1 is 0.506 bits per heavy atom. The van der Waals surface area contributed by atoms with Crippen molar-refractivity contribution in [1.82, 2.24) is 52.8 Å². The topological polar surface area (TPSA) is 390 Å². The summed E-state index contributed by atoms with van der Waals surface area (Å²) in [6.45, 7) is 5.65. The zero-order valence-corrected chi connectivity index (χ0v) is 46.1. The lowest BCUT2D eigenvalue weighted by molar-refractivity contribution is -0.142. The molecule has 0 aliphatic rings. The number of H-pyrrole nitrogens is 1. The molecule has 25 nitrogen and oxygen atoms in total. The van der Waals surface area contributed by atoms with Crippen molar-refractivity contribution < 1.29 is 72.9 Å². The van der Waals surface area contributed by atoms with Crippen LogP contribution in [0.2, 0.25) is 0 Å². The van der Waals surface area contributed by atoms with Crippen LogP contribution in [0.5, 0.6) is 0 Å². The molecule has 0 radical (unpaired) electrons. The second-order valence-corrected chi connectivity index (χ2v) is 20.4. The van der Waals surface area contributed by atoms with Crippen molar-refractivity contribution in [3.63, 3.8) is 0 Å². The molecule has 0 saturated carbocycles. The highest BCUT2D eigenvalue weighted by molar-refractivity contribution is 7.98. The zero-order chi connectivity index (χ0) is 59.8. The average molecular weight is 1140 g/mol. The van der Waals surface area contributed by atoms with Gasteiger partial charge in [-0.1, -0.05) is 92.7 Å². The van der Waals surface area contributed by atoms with E-state index in [2.05, 4.69) is 52.8 Å². The van der Waals surface area contributed by atoms with Crippen LogP contribution < -0.4 is 47.9 Å². The molecular weight excluding hydrogens is 1070 g/mol. The van der Waals surface area contributed by atoms with Gasteiger partial charge in [-0.25, -0.2) is 4.79 Å². The number of fused-ring (bicyclic) bond motifs is 1. The molecule has 0 aliphatic carbocycles. The van der Waals surface area contributed by atoms with Gasteiger partial charge < -0.3 is 68.2 Å². The fourth-order valence-corrected chi connectivity index (χ4v) is 8.79. The number of hydrogen-bond donors (Lipinski definition) is 13. The molecular formula is C55H70N10O15S. The molecule has 9 amide bonds. The van der Waals surface area contributed by atoms with Crippen LogP contribution in [0.15, 0.2) is 91.1 Å². The number of aliphatic carboxylic acids is 3. The molecule has 9 atom stereocenters. The lowest BCUT2D eigenvalue weighted by Gasteiger charge is -2.27. The first kappa shape index (κ1) is 64.7. The lowest BCUT2D eigenvalue weighted by Crippen LogP contribution is -2.60. The van der Waals surface area contributed by atoms with Crippen LogP contribution in [0, 0.1) is 5.92 Å². The van der Waals surface area contributed by atoms with Gasteiger partial charge in [0.05, 0.1) is 6.42 Å². The predicted octanol–water partition coefficient (Wildman–Crippen LogP) is 0.0618. The van der Waals surface area contributed by atoms with Gasteiger partial charge in [-0.05, 0) is 67.4 Å². The highest BCUT2D eigenvalue weighted by Gasteiger charge is 2.36. The number of carboxylic acids is 3. The average Bonchev–Trinajstić information content (AvgIpc) is 3.89. The summed E-state index contributed by atoms with van der Waals surface area (Å²) in [6.07, 6.45) is 1.38. The Bertz CT molecular complexity index is 2850. The van der Waals surface area contributed by atoms with E-state index in [1.165, 1.54) is 25.6 Å². The lowest BCUT2D eigenvalue weighted by atomic mass is 10.0. The van der Waals surface area contributed by atoms with Gasteiger partial charge >= 0.3 is 17.9 Å². The minimum absolute atomic E-state index is 0.0608. The van der Waals surface area contributed by atoms with E-state index in [1.807, 2.05) is 6.07 Å². The molecule has 0 spiro atoms. The van der Waals surface area contributed by atoms with Gasteiger partial charge in [-0.3, -0.25) is 52.7 Å². The van der Waals surface area contributed by atoms with Crippen LogP contribution >= 0.6 is 11.8 Å². The second kappa shape index (κ2) is 32.3. The monoisotopic (exact) mass is 1140 g/mol. The number of hydrogen-bond acceptors (Lipinski definition) is 13. The van der Waals surface area contributed by atoms with Gasteiger partial charge in [0, 0.05) is 42.8 Å². The SMILES string of the molecule is CSCC[C@H](NC=O)C(=O)N[C@@H](Cc1ccccc1)C(=O)N[C@@H](CCC(=O)O)C(=O)N[C@@H](CC(=O)O)C(=O)N[C@@H](C)C(=O)N[C@H](C(=O)N[C@@H](C)C(=O)N[C@@H](Cc1c[nH]c2ccccc12)C(=O)N[C@@H](Cc1ccccc1)C(=O)O)C(C)C. The Labute approximate surface area is 471 Å². The zero-order valence-electron chi connectivity index (χ0n) is 45.3. The van der Waals surface area contributed by atoms with Crippen molar-refractivity contribution in [2.75, 3.05) is 12.0 Å². The first-order valence-electron chi connectivity index (χ1n) is 25.9. The first-order valence-corrected chi connectivity index (χ1v) is 27.3. The number of amides is 9. The summed E-state index contributed by atoms with van der Waals surface area (Å²) in [6, 6.07) is 11.2. The number of carbonyl (C=O) groups excluding carboxylic acids is 9. The Morgan fingerprint density at radius 2 is 0.975 bits per heavy atom. The number of aromatic amines is 1. The third-order valence-corrected chi connectivity index (χ3v) is 13.4. The Morgan fingerprint density at radius 3 is 1.53 bits per heavy atom. The van der Waals surface area contributed by atoms with Crippen LogP contribution in [0.25, 0.3) is 10.9 Å². The number of para-hydroxylation sites is 1. The molecule has 0 fully saturated rings. The smallest absolute Gasteiger partial charge is 0.326 e. The molecule has 0 aliphatic heterocycles. The van der Waals surface area contributed by atoms with Gasteiger partial charge in [0.1, 0.15) is 54.4 Å². The van der Waals surface area contributed by atoms with E-state index < -0.39 is 145 Å². The third-order valence-electron chi connectivity index (χ3n) is 12.8. The van der Waals surface area contributed by atoms with Crippen molar-refractivity contribution in [2.24, 2.45) is 5.92 Å². The summed E-state index contributed by atoms with van der Waals surface area (Å²) in [5.74, 6) is -12.1. The van der Waals surface area contributed by atoms with Crippen LogP contribution in [0.1, 0.15) is 70.1 Å². The minimum Gasteiger partial charge on any atom is -0.481 e. The van der Waals surface area contributed by atoms with Crippen LogP contribution in [-0.2, 0) is 76.8 Å². The van der Waals surface area contributed by atoms with Gasteiger partial charge in [-0.15, -0.1) is 0 Å². The van der Waals surface area contributed by atoms with Crippen LogP contribution in [0.3, 0.4) is 0 Å². The standard InChI is InChI=1S/C55H70N10O15S/c1-30(2)46(54(78)59-31(3)47(71)61-41(26-35-28-56-37-19-13-12-18-36(35)37)53(77)64-43(55(79)80)25-34-16-10-7-11-17-34)65-48(72)32(4)58-51(75)42(27-45(69)70)63-50(74)39(20-21-44(67)68)60-52(76)40(24-33-14-8-6-9-15-33)62-49(73)38(57-29-66)22-23-81-5/h6-19,28-32,38-43,46,56H,20-27H2,1-5H3,(H,57,66)(H,58,75)(H,59,78)(H,60,76)(H,61,71)(H,62,73)(H,63,74)(H,64,77)(H,65,72)(H,67,68)(H,69,70)(H,79,80)/t31-,32-,38-,39-,40-,41-,42-,43-,46-/m0/s1. The molecule has 81 heavy (non-hydrogen) atoms. The maximum absolute atomic E-state index is 13.9. The van der Waals surface area contributed by atoms with E-state index in [0.717, 1.165) is 10.9 Å². The van der Waals surface area contributed by atoms with Crippen molar-refractivity contribution in [3.05, 3.63) is 108 Å². The number of nitrogens with one attached hydrogen (secondary N) is 10. The number of carbonyl (C=O) groups is 12. The van der Waals surface area contributed by atoms with E-state index >= 15 is 0 Å². The fourth-order valence-electron chi connectivity index (χ4n) is 8.31. The summed E-state index contributed by atoms with van der Waals surface area (Å²) >= 11 is 1.41. The van der Waals surface area contributed by atoms with Gasteiger partial charge in [0.15, 0.2) is 0 Å². The number of rotatable bonds is 34. The number of carboxylic acid groups (broad SMARTS) is 3. The third kappa shape index (κ3) is 21.1. The maximum atomic E-state index is 13.9. The molecule has 4 rings (SSSR count). The summed E-state index contributed by atoms with van der Waals surface area (Å²) < 4.78 is 0. The highest BCUT2D eigenvalue weighted by atomic mass is 32.2. The molecule has 26 heteroatoms. The molecule has 1 aromatic heterocycles. The fraction of sp³-hybridized carbons (Fsp3) is 0.418. The van der Waals surface area contributed by atoms with Crippen molar-refractivity contribution in [3.8, 4) is 0 Å². The molecule has 13 N–H and O–H groups in total. The van der Waals surface area contributed by atoms with Gasteiger partial charge in [0.25, 0.3) is 0 Å². The Hall–Kier alpha value is -8.81. The van der Waals surface area contributed by atoms with E-state index in [-0.39, 0.29) is 25.7 Å². The summed E-state index contributed by atoms with van der Waals surface area (Å²) in [4.78, 5) is 161. The van der Waals surface area contributed by atoms with Crippen molar-refractivity contribution >= 4 is 94.2 Å². The number of aromatic nitrogens is 1. The van der Waals surface area contributed by atoms with E-state index in [0.29, 0.717) is 28.9 Å². The molecule has 0 unspecified atom stereocenters. The van der Waals surface area contributed by atoms with Crippen molar-refractivity contribution in [1.29, 1.82) is 0 Å². The molecule has 436 valence electrons. The number of benzene rings is 3. The minimum atomic E-state index is -1.93. The molecule has 4 aromatic rings. The summed E-state index contributed by atoms with van der Waals surface area (Å²) in [5.41, 5.74) is 2.57. The summed E-state index contributed by atoms with van der Waals surface area (Å²) in [5, 5.41) is 52.2. The molecule has 3 aromatic carbocycles. The van der Waals surface area contributed by atoms with Crippen LogP contribution in [0.4, 0.5) is 0 Å². The molecule has 0 saturated heterocycles. The van der Waals surface area contributed by atoms with E-state index in [9.17, 15) is 72.9 Å². The van der Waals surface area contributed by atoms with E-state index in [4.69, 9.17) is 0 Å². The van der Waals surface area contributed by atoms with Gasteiger partial charge in [0.2, 0.25) is 53.7 Å². The van der Waals surface area contributed by atoms with Crippen LogP contribution in [-0.4, -0.2) is 158 Å². The Balaban J connectivity index is 1.46. The molecule has 1 heterocycles. The normalized spacial score (nSPS) is 14.3. The molecule has 0 bridgehead atoms. The van der Waals surface area contributed by atoms with Crippen molar-refractivity contribution in [2.45, 2.75) is 127 Å². The highest BCUT2D eigenvalue weighted by Crippen LogP contribution is 2.20. The Kier molecular flexibility index (Phi) is 25.8. The van der Waals surface area contributed by atoms with E-state index in [1.54, 1.807) is 105 Å².